The van der Waals surface area contributed by atoms with Crippen LogP contribution in [-0.2, 0) is 4.74 Å². The van der Waals surface area contributed by atoms with Crippen LogP contribution in [0.3, 0.4) is 0 Å². The molecule has 0 aromatic carbocycles. The highest BCUT2D eigenvalue weighted by molar-refractivity contribution is 5.67. The number of hydrogen-bond donors (Lipinski definition) is 1. The zero-order valence-corrected chi connectivity index (χ0v) is 9.74. The van der Waals surface area contributed by atoms with Crippen molar-refractivity contribution in [3.8, 4) is 0 Å². The summed E-state index contributed by atoms with van der Waals surface area (Å²) in [5, 5.41) is 0. The Morgan fingerprint density at radius 1 is 1.47 bits per heavy atom. The Morgan fingerprint density at radius 2 is 2.07 bits per heavy atom. The lowest BCUT2D eigenvalue weighted by Crippen LogP contribution is -2.40. The molecule has 0 radical (unpaired) electrons. The third-order valence-corrected chi connectivity index (χ3v) is 2.75. The van der Waals surface area contributed by atoms with Crippen molar-refractivity contribution in [1.82, 2.24) is 4.90 Å². The monoisotopic (exact) mass is 214 g/mol. The van der Waals surface area contributed by atoms with Crippen LogP contribution in [0.5, 0.6) is 0 Å². The fourth-order valence-corrected chi connectivity index (χ4v) is 1.68. The lowest BCUT2D eigenvalue weighted by atomic mass is 9.97. The average Bonchev–Trinajstić information content (AvgIpc) is 2.26. The van der Waals surface area contributed by atoms with E-state index in [1.54, 1.807) is 4.90 Å². The predicted molar refractivity (Wildman–Crippen MR) is 59.5 cm³/mol. The smallest absolute Gasteiger partial charge is 0.409 e. The number of carbonyl (C=O) groups excluding carboxylic acids is 1. The highest BCUT2D eigenvalue weighted by Gasteiger charge is 2.22. The quantitative estimate of drug-likeness (QED) is 0.773. The standard InChI is InChI=1S/C11H22N2O2/c1-9(2)8-15-11(14)13-5-3-10(7-12)4-6-13/h9-10H,3-8,12H2,1-2H3. The first kappa shape index (κ1) is 12.3. The van der Waals surface area contributed by atoms with Crippen molar-refractivity contribution >= 4 is 6.09 Å². The van der Waals surface area contributed by atoms with E-state index in [9.17, 15) is 4.79 Å². The first-order valence-electron chi connectivity index (χ1n) is 5.75. The minimum Gasteiger partial charge on any atom is -0.449 e. The van der Waals surface area contributed by atoms with Gasteiger partial charge in [0.05, 0.1) is 6.61 Å². The lowest BCUT2D eigenvalue weighted by Gasteiger charge is -2.30. The van der Waals surface area contributed by atoms with Gasteiger partial charge in [0.1, 0.15) is 0 Å². The average molecular weight is 214 g/mol. The van der Waals surface area contributed by atoms with Crippen molar-refractivity contribution < 1.29 is 9.53 Å². The maximum atomic E-state index is 11.6. The second kappa shape index (κ2) is 5.95. The number of hydrogen-bond acceptors (Lipinski definition) is 3. The van der Waals surface area contributed by atoms with E-state index in [1.807, 2.05) is 13.8 Å². The molecule has 1 amide bonds. The summed E-state index contributed by atoms with van der Waals surface area (Å²) in [6, 6.07) is 0. The number of piperidine rings is 1. The predicted octanol–water partition coefficient (Wildman–Crippen LogP) is 1.45. The zero-order valence-electron chi connectivity index (χ0n) is 9.74. The van der Waals surface area contributed by atoms with Crippen LogP contribution >= 0.6 is 0 Å². The van der Waals surface area contributed by atoms with Gasteiger partial charge >= 0.3 is 6.09 Å². The van der Waals surface area contributed by atoms with E-state index in [0.717, 1.165) is 32.5 Å². The van der Waals surface area contributed by atoms with Gasteiger partial charge in [0.2, 0.25) is 0 Å². The van der Waals surface area contributed by atoms with Crippen molar-refractivity contribution in [3.05, 3.63) is 0 Å². The molecule has 4 heteroatoms. The topological polar surface area (TPSA) is 55.6 Å². The molecule has 1 aliphatic heterocycles. The summed E-state index contributed by atoms with van der Waals surface area (Å²) in [6.45, 7) is 6.89. The molecule has 1 saturated heterocycles. The van der Waals surface area contributed by atoms with E-state index >= 15 is 0 Å². The van der Waals surface area contributed by atoms with Crippen molar-refractivity contribution in [1.29, 1.82) is 0 Å². The molecule has 1 rings (SSSR count). The van der Waals surface area contributed by atoms with E-state index in [-0.39, 0.29) is 6.09 Å². The molecule has 88 valence electrons. The Labute approximate surface area is 91.8 Å². The van der Waals surface area contributed by atoms with Crippen LogP contribution in [-0.4, -0.2) is 37.2 Å². The van der Waals surface area contributed by atoms with Crippen LogP contribution in [0.1, 0.15) is 26.7 Å². The molecule has 4 nitrogen and oxygen atoms in total. The highest BCUT2D eigenvalue weighted by atomic mass is 16.6. The third kappa shape index (κ3) is 4.08. The molecule has 0 aromatic rings. The summed E-state index contributed by atoms with van der Waals surface area (Å²) >= 11 is 0. The summed E-state index contributed by atoms with van der Waals surface area (Å²) in [4.78, 5) is 13.4. The summed E-state index contributed by atoms with van der Waals surface area (Å²) in [5.74, 6) is 0.981. The van der Waals surface area contributed by atoms with E-state index in [0.29, 0.717) is 18.4 Å². The Morgan fingerprint density at radius 3 is 2.53 bits per heavy atom. The molecule has 0 unspecified atom stereocenters. The minimum atomic E-state index is -0.167. The molecule has 0 aliphatic carbocycles. The van der Waals surface area contributed by atoms with Gasteiger partial charge in [-0.25, -0.2) is 4.79 Å². The van der Waals surface area contributed by atoms with Crippen LogP contribution in [0.15, 0.2) is 0 Å². The molecule has 15 heavy (non-hydrogen) atoms. The Bertz CT molecular complexity index is 199. The van der Waals surface area contributed by atoms with Crippen LogP contribution in [0.2, 0.25) is 0 Å². The number of rotatable bonds is 3. The first-order chi connectivity index (χ1) is 7.13. The fraction of sp³-hybridized carbons (Fsp3) is 0.909. The van der Waals surface area contributed by atoms with Gasteiger partial charge in [0.15, 0.2) is 0 Å². The zero-order chi connectivity index (χ0) is 11.3. The van der Waals surface area contributed by atoms with Crippen LogP contribution in [0.4, 0.5) is 4.79 Å². The Balaban J connectivity index is 2.24. The summed E-state index contributed by atoms with van der Waals surface area (Å²) in [7, 11) is 0. The van der Waals surface area contributed by atoms with Gasteiger partial charge < -0.3 is 15.4 Å². The molecule has 0 spiro atoms. The van der Waals surface area contributed by atoms with Gasteiger partial charge in [-0.3, -0.25) is 0 Å². The number of nitrogens with two attached hydrogens (primary N) is 1. The largest absolute Gasteiger partial charge is 0.449 e. The van der Waals surface area contributed by atoms with Crippen LogP contribution in [0, 0.1) is 11.8 Å². The number of nitrogens with zero attached hydrogens (tertiary/aromatic N) is 1. The number of likely N-dealkylation sites (tertiary alicyclic amines) is 1. The van der Waals surface area contributed by atoms with Crippen molar-refractivity contribution in [3.63, 3.8) is 0 Å². The number of ether oxygens (including phenoxy) is 1. The first-order valence-corrected chi connectivity index (χ1v) is 5.75. The number of amides is 1. The summed E-state index contributed by atoms with van der Waals surface area (Å²) in [6.07, 6.45) is 1.85. The van der Waals surface area contributed by atoms with E-state index in [4.69, 9.17) is 10.5 Å². The number of carbonyl (C=O) groups is 1. The summed E-state index contributed by atoms with van der Waals surface area (Å²) < 4.78 is 5.17. The Kier molecular flexibility index (Phi) is 4.88. The third-order valence-electron chi connectivity index (χ3n) is 2.75. The minimum absolute atomic E-state index is 0.167. The molecule has 0 saturated carbocycles. The molecule has 0 atom stereocenters. The fourth-order valence-electron chi connectivity index (χ4n) is 1.68. The van der Waals surface area contributed by atoms with E-state index in [2.05, 4.69) is 0 Å². The van der Waals surface area contributed by atoms with Gasteiger partial charge in [-0.2, -0.15) is 0 Å². The lowest BCUT2D eigenvalue weighted by molar-refractivity contribution is 0.0796. The van der Waals surface area contributed by atoms with Crippen molar-refractivity contribution in [2.24, 2.45) is 17.6 Å². The maximum Gasteiger partial charge on any atom is 0.409 e. The second-order valence-electron chi connectivity index (χ2n) is 4.64. The molecule has 1 fully saturated rings. The van der Waals surface area contributed by atoms with Crippen molar-refractivity contribution in [2.45, 2.75) is 26.7 Å². The normalized spacial score (nSPS) is 18.3. The summed E-state index contributed by atoms with van der Waals surface area (Å²) in [5.41, 5.74) is 5.59. The SMILES string of the molecule is CC(C)COC(=O)N1CCC(CN)CC1. The van der Waals surface area contributed by atoms with Gasteiger partial charge in [-0.1, -0.05) is 13.8 Å². The highest BCUT2D eigenvalue weighted by Crippen LogP contribution is 2.16. The van der Waals surface area contributed by atoms with Gasteiger partial charge in [0.25, 0.3) is 0 Å². The molecule has 1 heterocycles. The molecule has 0 bridgehead atoms. The van der Waals surface area contributed by atoms with Crippen molar-refractivity contribution in [2.75, 3.05) is 26.2 Å². The van der Waals surface area contributed by atoms with Gasteiger partial charge in [-0.15, -0.1) is 0 Å². The Hall–Kier alpha value is -0.770. The van der Waals surface area contributed by atoms with Gasteiger partial charge in [0, 0.05) is 13.1 Å². The van der Waals surface area contributed by atoms with Gasteiger partial charge in [-0.05, 0) is 31.2 Å². The molecular formula is C11H22N2O2. The molecular weight excluding hydrogens is 192 g/mol. The molecule has 0 aromatic heterocycles. The van der Waals surface area contributed by atoms with Crippen LogP contribution < -0.4 is 5.73 Å². The maximum absolute atomic E-state index is 11.6. The van der Waals surface area contributed by atoms with E-state index < -0.39 is 0 Å². The second-order valence-corrected chi connectivity index (χ2v) is 4.64. The van der Waals surface area contributed by atoms with E-state index in [1.165, 1.54) is 0 Å². The molecule has 1 aliphatic rings. The molecule has 2 N–H and O–H groups in total. The van der Waals surface area contributed by atoms with Crippen LogP contribution in [0.25, 0.3) is 0 Å².